The molecular formula is C27H22F3N3O4S. The fourth-order valence-electron chi connectivity index (χ4n) is 5.21. The van der Waals surface area contributed by atoms with E-state index < -0.39 is 47.7 Å². The van der Waals surface area contributed by atoms with Gasteiger partial charge in [0.1, 0.15) is 30.1 Å². The van der Waals surface area contributed by atoms with Crippen molar-refractivity contribution in [2.75, 3.05) is 11.7 Å². The Morgan fingerprint density at radius 2 is 1.89 bits per heavy atom. The number of carbonyl (C=O) groups is 1. The standard InChI is InChI=1S/C27H22F3N3O4S/c1-14-11-16-7-8-17-12-38-20-6-4-3-5-18(20)22(21(17)25(16)37-14)33-13-31(15(2)27(28,29)30)26(36)23-24(35)19(34)9-10-32(23)33/h3-11,15,22,35H,12-13H2,1-2H3/t15-,22-/m1/s1. The Kier molecular flexibility index (Phi) is 5.53. The van der Waals surface area contributed by atoms with Gasteiger partial charge in [-0.15, -0.1) is 11.8 Å². The maximum absolute atomic E-state index is 13.9. The number of aromatic nitrogens is 1. The highest BCUT2D eigenvalue weighted by Crippen LogP contribution is 2.46. The van der Waals surface area contributed by atoms with Crippen molar-refractivity contribution in [1.82, 2.24) is 9.58 Å². The summed E-state index contributed by atoms with van der Waals surface area (Å²) in [5, 5.41) is 13.1. The number of hydrogen-bond acceptors (Lipinski definition) is 6. The SMILES string of the molecule is Cc1cc2ccc3c(c2o1)[C@H](N1CN([C@H](C)C(F)(F)F)C(=O)c2c(O)c(=O)ccn21)c1ccccc1SC3. The van der Waals surface area contributed by atoms with Crippen LogP contribution in [0.4, 0.5) is 13.2 Å². The third kappa shape index (κ3) is 3.67. The van der Waals surface area contributed by atoms with Gasteiger partial charge in [0.25, 0.3) is 5.91 Å². The van der Waals surface area contributed by atoms with Gasteiger partial charge in [-0.2, -0.15) is 13.2 Å². The molecule has 7 nitrogen and oxygen atoms in total. The summed E-state index contributed by atoms with van der Waals surface area (Å²) in [6.07, 6.45) is -3.41. The van der Waals surface area contributed by atoms with Gasteiger partial charge in [-0.1, -0.05) is 30.3 Å². The molecule has 2 aromatic carbocycles. The predicted octanol–water partition coefficient (Wildman–Crippen LogP) is 5.31. The molecule has 0 fully saturated rings. The van der Waals surface area contributed by atoms with E-state index in [1.165, 1.54) is 10.9 Å². The first-order valence-corrected chi connectivity index (χ1v) is 12.9. The average Bonchev–Trinajstić information content (AvgIpc) is 3.17. The third-order valence-corrected chi connectivity index (χ3v) is 8.28. The lowest BCUT2D eigenvalue weighted by Gasteiger charge is -2.46. The highest BCUT2D eigenvalue weighted by Gasteiger charge is 2.48. The van der Waals surface area contributed by atoms with Crippen molar-refractivity contribution >= 4 is 28.6 Å². The van der Waals surface area contributed by atoms with Crippen molar-refractivity contribution in [1.29, 1.82) is 0 Å². The van der Waals surface area contributed by atoms with Crippen LogP contribution < -0.4 is 10.4 Å². The first kappa shape index (κ1) is 24.5. The van der Waals surface area contributed by atoms with E-state index in [4.69, 9.17) is 4.42 Å². The quantitative estimate of drug-likeness (QED) is 0.371. The summed E-state index contributed by atoms with van der Waals surface area (Å²) in [6, 6.07) is 11.6. The minimum Gasteiger partial charge on any atom is -0.502 e. The number of furan rings is 1. The van der Waals surface area contributed by atoms with Crippen LogP contribution in [-0.4, -0.2) is 39.5 Å². The summed E-state index contributed by atoms with van der Waals surface area (Å²) < 4.78 is 49.2. The van der Waals surface area contributed by atoms with Gasteiger partial charge in [0.15, 0.2) is 11.4 Å². The number of pyridine rings is 1. The number of aromatic hydroxyl groups is 1. The Hall–Kier alpha value is -3.86. The molecule has 0 bridgehead atoms. The molecule has 2 aliphatic heterocycles. The Labute approximate surface area is 219 Å². The second-order valence-corrected chi connectivity index (χ2v) is 10.5. The zero-order valence-corrected chi connectivity index (χ0v) is 21.1. The Morgan fingerprint density at radius 3 is 2.66 bits per heavy atom. The molecule has 38 heavy (non-hydrogen) atoms. The van der Waals surface area contributed by atoms with Gasteiger partial charge in [0, 0.05) is 33.9 Å². The number of rotatable bonds is 2. The fraction of sp³-hybridized carbons (Fsp3) is 0.259. The summed E-state index contributed by atoms with van der Waals surface area (Å²) in [5.41, 5.74) is 1.71. The summed E-state index contributed by atoms with van der Waals surface area (Å²) >= 11 is 1.60. The van der Waals surface area contributed by atoms with Gasteiger partial charge < -0.3 is 14.4 Å². The van der Waals surface area contributed by atoms with Crippen molar-refractivity contribution in [2.24, 2.45) is 0 Å². The molecule has 2 aliphatic rings. The number of fused-ring (bicyclic) bond motifs is 5. The maximum Gasteiger partial charge on any atom is 0.408 e. The van der Waals surface area contributed by atoms with E-state index in [-0.39, 0.29) is 0 Å². The van der Waals surface area contributed by atoms with Crippen molar-refractivity contribution < 1.29 is 27.5 Å². The molecule has 0 radical (unpaired) electrons. The third-order valence-electron chi connectivity index (χ3n) is 7.14. The van der Waals surface area contributed by atoms with Gasteiger partial charge in [-0.3, -0.25) is 19.3 Å². The van der Waals surface area contributed by atoms with E-state index in [0.717, 1.165) is 40.0 Å². The molecular weight excluding hydrogens is 519 g/mol. The van der Waals surface area contributed by atoms with Gasteiger partial charge in [-0.05, 0) is 37.1 Å². The van der Waals surface area contributed by atoms with E-state index in [1.54, 1.807) is 16.8 Å². The molecule has 2 atom stereocenters. The second-order valence-electron chi connectivity index (χ2n) is 9.44. The zero-order valence-electron chi connectivity index (χ0n) is 20.3. The van der Waals surface area contributed by atoms with E-state index in [2.05, 4.69) is 0 Å². The van der Waals surface area contributed by atoms with Gasteiger partial charge in [-0.25, -0.2) is 0 Å². The number of carbonyl (C=O) groups excluding carboxylic acids is 1. The lowest BCUT2D eigenvalue weighted by molar-refractivity contribution is -0.173. The lowest BCUT2D eigenvalue weighted by Crippen LogP contribution is -2.60. The van der Waals surface area contributed by atoms with Crippen LogP contribution >= 0.6 is 11.8 Å². The van der Waals surface area contributed by atoms with Crippen LogP contribution in [0.5, 0.6) is 5.75 Å². The van der Waals surface area contributed by atoms with Crippen molar-refractivity contribution in [3.63, 3.8) is 0 Å². The monoisotopic (exact) mass is 541 g/mol. The molecule has 4 aromatic rings. The van der Waals surface area contributed by atoms with Crippen molar-refractivity contribution in [3.8, 4) is 5.75 Å². The molecule has 2 aromatic heterocycles. The number of hydrogen-bond donors (Lipinski definition) is 1. The van der Waals surface area contributed by atoms with E-state index in [9.17, 15) is 27.9 Å². The zero-order chi connectivity index (χ0) is 26.9. The highest BCUT2D eigenvalue weighted by atomic mass is 32.2. The number of halogens is 3. The van der Waals surface area contributed by atoms with Crippen LogP contribution in [0, 0.1) is 6.92 Å². The van der Waals surface area contributed by atoms with Crippen LogP contribution in [0.3, 0.4) is 0 Å². The summed E-state index contributed by atoms with van der Waals surface area (Å²) in [4.78, 5) is 27.2. The molecule has 0 unspecified atom stereocenters. The number of aryl methyl sites for hydroxylation is 1. The number of alkyl halides is 3. The van der Waals surface area contributed by atoms with E-state index >= 15 is 0 Å². The molecule has 0 spiro atoms. The summed E-state index contributed by atoms with van der Waals surface area (Å²) in [7, 11) is 0. The molecule has 0 aliphatic carbocycles. The number of thioether (sulfide) groups is 1. The minimum absolute atomic E-state index is 0.450. The molecule has 196 valence electrons. The van der Waals surface area contributed by atoms with Gasteiger partial charge in [0.05, 0.1) is 0 Å². The lowest BCUT2D eigenvalue weighted by atomic mass is 9.92. The van der Waals surface area contributed by atoms with Crippen LogP contribution in [0.1, 0.15) is 45.9 Å². The number of amides is 1. The normalized spacial score (nSPS) is 18.1. The van der Waals surface area contributed by atoms with Crippen molar-refractivity contribution in [3.05, 3.63) is 93.1 Å². The van der Waals surface area contributed by atoms with Crippen LogP contribution in [0.2, 0.25) is 0 Å². The average molecular weight is 542 g/mol. The van der Waals surface area contributed by atoms with Crippen LogP contribution in [0.15, 0.2) is 68.8 Å². The molecule has 4 heterocycles. The molecule has 1 N–H and O–H groups in total. The number of benzene rings is 2. The first-order valence-electron chi connectivity index (χ1n) is 11.9. The highest BCUT2D eigenvalue weighted by molar-refractivity contribution is 7.98. The first-order chi connectivity index (χ1) is 18.1. The Balaban J connectivity index is 1.67. The van der Waals surface area contributed by atoms with E-state index in [1.807, 2.05) is 49.4 Å². The van der Waals surface area contributed by atoms with Crippen LogP contribution in [-0.2, 0) is 5.75 Å². The predicted molar refractivity (Wildman–Crippen MR) is 136 cm³/mol. The van der Waals surface area contributed by atoms with E-state index in [0.29, 0.717) is 22.0 Å². The molecule has 11 heteroatoms. The van der Waals surface area contributed by atoms with Gasteiger partial charge >= 0.3 is 6.18 Å². The smallest absolute Gasteiger partial charge is 0.408 e. The van der Waals surface area contributed by atoms with Gasteiger partial charge in [0.2, 0.25) is 5.43 Å². The largest absolute Gasteiger partial charge is 0.502 e. The summed E-state index contributed by atoms with van der Waals surface area (Å²) in [6.45, 7) is 2.27. The maximum atomic E-state index is 13.9. The summed E-state index contributed by atoms with van der Waals surface area (Å²) in [5.74, 6) is -0.703. The Bertz CT molecular complexity index is 1660. The van der Waals surface area contributed by atoms with Crippen molar-refractivity contribution in [2.45, 2.75) is 42.8 Å². The topological polar surface area (TPSA) is 78.9 Å². The second kappa shape index (κ2) is 8.59. The Morgan fingerprint density at radius 1 is 1.13 bits per heavy atom. The molecule has 0 saturated carbocycles. The molecule has 1 amide bonds. The number of nitrogens with zero attached hydrogens (tertiary/aromatic N) is 3. The molecule has 0 saturated heterocycles. The minimum atomic E-state index is -4.73. The molecule has 6 rings (SSSR count). The van der Waals surface area contributed by atoms with Crippen LogP contribution in [0.25, 0.3) is 11.0 Å². The fourth-order valence-corrected chi connectivity index (χ4v) is 6.30.